The van der Waals surface area contributed by atoms with Crippen LogP contribution >= 0.6 is 0 Å². The number of rotatable bonds is 6. The van der Waals surface area contributed by atoms with Crippen LogP contribution < -0.4 is 5.32 Å². The summed E-state index contributed by atoms with van der Waals surface area (Å²) >= 11 is 0. The molecule has 2 unspecified atom stereocenters. The van der Waals surface area contributed by atoms with Crippen molar-refractivity contribution >= 4 is 11.9 Å². The largest absolute Gasteiger partial charge is 0.480 e. The number of carboxylic acid groups (broad SMARTS) is 1. The lowest BCUT2D eigenvalue weighted by atomic mass is 10.2. The van der Waals surface area contributed by atoms with Crippen LogP contribution in [-0.2, 0) is 16.1 Å². The number of carbonyl (C=O) groups excluding carboxylic acids is 1. The van der Waals surface area contributed by atoms with Crippen molar-refractivity contribution in [1.29, 1.82) is 0 Å². The highest BCUT2D eigenvalue weighted by molar-refractivity contribution is 5.83. The van der Waals surface area contributed by atoms with Gasteiger partial charge in [0.1, 0.15) is 0 Å². The maximum Gasteiger partial charge on any atom is 0.328 e. The van der Waals surface area contributed by atoms with E-state index in [9.17, 15) is 9.59 Å². The molecule has 0 saturated heterocycles. The summed E-state index contributed by atoms with van der Waals surface area (Å²) in [6.07, 6.45) is 1.99. The number of carboxylic acids is 1. The van der Waals surface area contributed by atoms with E-state index in [2.05, 4.69) is 15.6 Å². The molecule has 0 bridgehead atoms. The standard InChI is InChI=1S/C9H14N4O4/c1-6(14)8(9(16)17)11-7(15)2-4-13-5-3-10-12-13/h3,5-6,8,14H,2,4H2,1H3,(H,11,15)(H,16,17). The molecule has 1 aromatic rings. The van der Waals surface area contributed by atoms with E-state index in [-0.39, 0.29) is 6.42 Å². The highest BCUT2D eigenvalue weighted by atomic mass is 16.4. The van der Waals surface area contributed by atoms with Crippen LogP contribution in [0.3, 0.4) is 0 Å². The first kappa shape index (κ1) is 13.1. The third-order valence-electron chi connectivity index (χ3n) is 2.10. The number of aromatic nitrogens is 3. The number of aliphatic carboxylic acids is 1. The van der Waals surface area contributed by atoms with Crippen LogP contribution in [-0.4, -0.2) is 49.2 Å². The van der Waals surface area contributed by atoms with Gasteiger partial charge < -0.3 is 15.5 Å². The van der Waals surface area contributed by atoms with Crippen molar-refractivity contribution in [3.63, 3.8) is 0 Å². The van der Waals surface area contributed by atoms with Gasteiger partial charge in [-0.1, -0.05) is 5.21 Å². The van der Waals surface area contributed by atoms with Gasteiger partial charge in [0.05, 0.1) is 18.8 Å². The zero-order valence-corrected chi connectivity index (χ0v) is 9.28. The van der Waals surface area contributed by atoms with Crippen molar-refractivity contribution in [1.82, 2.24) is 20.3 Å². The molecule has 1 heterocycles. The molecule has 0 aromatic carbocycles. The molecule has 8 heteroatoms. The summed E-state index contributed by atoms with van der Waals surface area (Å²) in [7, 11) is 0. The summed E-state index contributed by atoms with van der Waals surface area (Å²) in [5.41, 5.74) is 0. The molecule has 2 atom stereocenters. The number of aryl methyl sites for hydroxylation is 1. The minimum atomic E-state index is -1.29. The van der Waals surface area contributed by atoms with Gasteiger partial charge in [-0.2, -0.15) is 0 Å². The van der Waals surface area contributed by atoms with Crippen LogP contribution in [0, 0.1) is 0 Å². The molecule has 0 saturated carbocycles. The average molecular weight is 242 g/mol. The number of amides is 1. The van der Waals surface area contributed by atoms with E-state index in [0.717, 1.165) is 0 Å². The molecule has 3 N–H and O–H groups in total. The lowest BCUT2D eigenvalue weighted by Gasteiger charge is -2.16. The Balaban J connectivity index is 2.40. The van der Waals surface area contributed by atoms with Gasteiger partial charge in [0.25, 0.3) is 0 Å². The maximum absolute atomic E-state index is 11.4. The van der Waals surface area contributed by atoms with Gasteiger partial charge in [0, 0.05) is 12.6 Å². The highest BCUT2D eigenvalue weighted by Gasteiger charge is 2.24. The first-order valence-electron chi connectivity index (χ1n) is 5.05. The quantitative estimate of drug-likeness (QED) is 0.566. The van der Waals surface area contributed by atoms with Gasteiger partial charge in [0.15, 0.2) is 6.04 Å². The molecule has 0 fully saturated rings. The summed E-state index contributed by atoms with van der Waals surface area (Å²) in [5, 5.41) is 27.4. The number of nitrogens with zero attached hydrogens (tertiary/aromatic N) is 3. The fourth-order valence-corrected chi connectivity index (χ4v) is 1.20. The van der Waals surface area contributed by atoms with Crippen LogP contribution in [0.1, 0.15) is 13.3 Å². The maximum atomic E-state index is 11.4. The Morgan fingerprint density at radius 3 is 2.71 bits per heavy atom. The van der Waals surface area contributed by atoms with E-state index >= 15 is 0 Å². The molecule has 0 aliphatic rings. The molecule has 1 rings (SSSR count). The van der Waals surface area contributed by atoms with Crippen LogP contribution in [0.2, 0.25) is 0 Å². The Hall–Kier alpha value is -1.96. The van der Waals surface area contributed by atoms with Crippen molar-refractivity contribution < 1.29 is 19.8 Å². The molecule has 94 valence electrons. The molecule has 0 spiro atoms. The fourth-order valence-electron chi connectivity index (χ4n) is 1.20. The normalized spacial score (nSPS) is 14.0. The van der Waals surface area contributed by atoms with Crippen molar-refractivity contribution in [3.8, 4) is 0 Å². The summed E-state index contributed by atoms with van der Waals surface area (Å²) in [6, 6.07) is -1.29. The average Bonchev–Trinajstić information content (AvgIpc) is 2.74. The van der Waals surface area contributed by atoms with Gasteiger partial charge in [-0.3, -0.25) is 9.48 Å². The Labute approximate surface area is 97.2 Å². The number of hydrogen-bond acceptors (Lipinski definition) is 5. The second-order valence-corrected chi connectivity index (χ2v) is 3.54. The topological polar surface area (TPSA) is 117 Å². The minimum absolute atomic E-state index is 0.0693. The number of aliphatic hydroxyl groups is 1. The summed E-state index contributed by atoms with van der Waals surface area (Å²) < 4.78 is 1.46. The molecule has 17 heavy (non-hydrogen) atoms. The van der Waals surface area contributed by atoms with E-state index in [1.807, 2.05) is 0 Å². The molecule has 0 aliphatic heterocycles. The zero-order chi connectivity index (χ0) is 12.8. The summed E-state index contributed by atoms with van der Waals surface area (Å²) in [4.78, 5) is 22.1. The molecule has 1 amide bonds. The van der Waals surface area contributed by atoms with Crippen molar-refractivity contribution in [2.45, 2.75) is 32.0 Å². The number of nitrogens with one attached hydrogen (secondary N) is 1. The monoisotopic (exact) mass is 242 g/mol. The van der Waals surface area contributed by atoms with Crippen molar-refractivity contribution in [3.05, 3.63) is 12.4 Å². The summed E-state index contributed by atoms with van der Waals surface area (Å²) in [6.45, 7) is 1.61. The number of carbonyl (C=O) groups is 2. The molecular weight excluding hydrogens is 228 g/mol. The zero-order valence-electron chi connectivity index (χ0n) is 9.28. The Morgan fingerprint density at radius 2 is 2.24 bits per heavy atom. The van der Waals surface area contributed by atoms with E-state index < -0.39 is 24.0 Å². The molecule has 1 aromatic heterocycles. The van der Waals surface area contributed by atoms with Gasteiger partial charge in [-0.05, 0) is 6.92 Å². The third kappa shape index (κ3) is 4.19. The van der Waals surface area contributed by atoms with Gasteiger partial charge >= 0.3 is 5.97 Å². The second-order valence-electron chi connectivity index (χ2n) is 3.54. The molecule has 0 aliphatic carbocycles. The Morgan fingerprint density at radius 1 is 1.53 bits per heavy atom. The molecule has 0 radical (unpaired) electrons. The van der Waals surface area contributed by atoms with Gasteiger partial charge in [0.2, 0.25) is 5.91 Å². The van der Waals surface area contributed by atoms with Crippen LogP contribution in [0.5, 0.6) is 0 Å². The van der Waals surface area contributed by atoms with Crippen molar-refractivity contribution in [2.24, 2.45) is 0 Å². The van der Waals surface area contributed by atoms with Gasteiger partial charge in [-0.25, -0.2) is 4.79 Å². The van der Waals surface area contributed by atoms with Crippen LogP contribution in [0.4, 0.5) is 0 Å². The van der Waals surface area contributed by atoms with Gasteiger partial charge in [-0.15, -0.1) is 5.10 Å². The molecular formula is C9H14N4O4. The smallest absolute Gasteiger partial charge is 0.328 e. The fraction of sp³-hybridized carbons (Fsp3) is 0.556. The van der Waals surface area contributed by atoms with E-state index in [4.69, 9.17) is 10.2 Å². The van der Waals surface area contributed by atoms with Crippen LogP contribution in [0.15, 0.2) is 12.4 Å². The predicted octanol–water partition coefficient (Wildman–Crippen LogP) is -1.38. The summed E-state index contributed by atoms with van der Waals surface area (Å²) in [5.74, 6) is -1.73. The lowest BCUT2D eigenvalue weighted by Crippen LogP contribution is -2.47. The number of hydrogen-bond donors (Lipinski definition) is 3. The van der Waals surface area contributed by atoms with Crippen LogP contribution in [0.25, 0.3) is 0 Å². The Bertz CT molecular complexity index is 376. The highest BCUT2D eigenvalue weighted by Crippen LogP contribution is 1.95. The van der Waals surface area contributed by atoms with Crippen molar-refractivity contribution in [2.75, 3.05) is 0 Å². The Kier molecular flexibility index (Phi) is 4.58. The predicted molar refractivity (Wildman–Crippen MR) is 55.9 cm³/mol. The lowest BCUT2D eigenvalue weighted by molar-refractivity contribution is -0.144. The number of aliphatic hydroxyl groups excluding tert-OH is 1. The second kappa shape index (κ2) is 5.94. The first-order chi connectivity index (χ1) is 8.00. The third-order valence-corrected chi connectivity index (χ3v) is 2.10. The minimum Gasteiger partial charge on any atom is -0.480 e. The molecule has 8 nitrogen and oxygen atoms in total. The van der Waals surface area contributed by atoms with E-state index in [0.29, 0.717) is 6.54 Å². The SMILES string of the molecule is CC(O)C(NC(=O)CCn1ccnn1)C(=O)O. The van der Waals surface area contributed by atoms with E-state index in [1.54, 1.807) is 6.20 Å². The first-order valence-corrected chi connectivity index (χ1v) is 5.05. The van der Waals surface area contributed by atoms with E-state index in [1.165, 1.54) is 17.8 Å².